The summed E-state index contributed by atoms with van der Waals surface area (Å²) in [5.74, 6) is -0.369. The van der Waals surface area contributed by atoms with E-state index < -0.39 is 11.4 Å². The lowest BCUT2D eigenvalue weighted by Crippen LogP contribution is -2.31. The third-order valence-corrected chi connectivity index (χ3v) is 2.87. The third kappa shape index (κ3) is 2.85. The maximum Gasteiger partial charge on any atom is 0.317 e. The molecule has 0 amide bonds. The average molecular weight is 190 g/mol. The second-order valence-electron chi connectivity index (χ2n) is 3.07. The Kier molecular flexibility index (Phi) is 4.31. The Morgan fingerprint density at radius 2 is 1.92 bits per heavy atom. The Morgan fingerprint density at radius 1 is 1.42 bits per heavy atom. The highest BCUT2D eigenvalue weighted by Crippen LogP contribution is 2.24. The van der Waals surface area contributed by atoms with Crippen LogP contribution in [0.1, 0.15) is 27.2 Å². The number of thioether (sulfide) groups is 1. The number of carbonyl (C=O) groups is 2. The summed E-state index contributed by atoms with van der Waals surface area (Å²) in [7, 11) is 0. The number of carboxylic acid groups (broad SMARTS) is 1. The number of carboxylic acids is 1. The molecule has 12 heavy (non-hydrogen) atoms. The Balaban J connectivity index is 4.16. The van der Waals surface area contributed by atoms with Crippen LogP contribution in [-0.4, -0.2) is 21.9 Å². The van der Waals surface area contributed by atoms with E-state index in [-0.39, 0.29) is 5.12 Å². The largest absolute Gasteiger partial charge is 0.480 e. The number of rotatable bonds is 4. The van der Waals surface area contributed by atoms with Gasteiger partial charge in [0, 0.05) is 5.75 Å². The van der Waals surface area contributed by atoms with Gasteiger partial charge in [0.15, 0.2) is 0 Å². The van der Waals surface area contributed by atoms with Gasteiger partial charge in [-0.1, -0.05) is 18.7 Å². The lowest BCUT2D eigenvalue weighted by atomic mass is 9.96. The van der Waals surface area contributed by atoms with Gasteiger partial charge in [-0.25, -0.2) is 0 Å². The molecule has 1 N–H and O–H groups in total. The summed E-state index contributed by atoms with van der Waals surface area (Å²) in [6.45, 7) is 4.81. The van der Waals surface area contributed by atoms with Crippen LogP contribution in [-0.2, 0) is 9.59 Å². The maximum absolute atomic E-state index is 11.2. The van der Waals surface area contributed by atoms with Gasteiger partial charge in [-0.2, -0.15) is 0 Å². The van der Waals surface area contributed by atoms with Crippen molar-refractivity contribution < 1.29 is 14.7 Å². The topological polar surface area (TPSA) is 54.4 Å². The van der Waals surface area contributed by atoms with Crippen molar-refractivity contribution in [2.24, 2.45) is 5.41 Å². The van der Waals surface area contributed by atoms with Gasteiger partial charge in [0.25, 0.3) is 0 Å². The molecule has 0 aliphatic heterocycles. The molecule has 0 aromatic heterocycles. The molecule has 0 atom stereocenters. The van der Waals surface area contributed by atoms with E-state index in [1.54, 1.807) is 0 Å². The Labute approximate surface area is 76.5 Å². The van der Waals surface area contributed by atoms with Crippen molar-refractivity contribution in [3.63, 3.8) is 0 Å². The molecule has 0 saturated carbocycles. The summed E-state index contributed by atoms with van der Waals surface area (Å²) >= 11 is 1.09. The highest BCUT2D eigenvalue weighted by atomic mass is 32.2. The monoisotopic (exact) mass is 190 g/mol. The van der Waals surface area contributed by atoms with E-state index in [4.69, 9.17) is 5.11 Å². The molecular formula is C8H14O3S. The van der Waals surface area contributed by atoms with Crippen molar-refractivity contribution in [2.75, 3.05) is 5.75 Å². The van der Waals surface area contributed by atoms with E-state index in [9.17, 15) is 9.59 Å². The first-order valence-electron chi connectivity index (χ1n) is 3.83. The summed E-state index contributed by atoms with van der Waals surface area (Å²) in [4.78, 5) is 21.8. The van der Waals surface area contributed by atoms with Gasteiger partial charge < -0.3 is 5.11 Å². The van der Waals surface area contributed by atoms with Crippen molar-refractivity contribution in [1.29, 1.82) is 0 Å². The fraction of sp³-hybridized carbons (Fsp3) is 0.750. The highest BCUT2D eigenvalue weighted by molar-refractivity contribution is 8.13. The Bertz CT molecular complexity index is 187. The number of hydrogen-bond acceptors (Lipinski definition) is 3. The van der Waals surface area contributed by atoms with Gasteiger partial charge in [-0.05, 0) is 20.3 Å². The zero-order valence-electron chi connectivity index (χ0n) is 7.59. The van der Waals surface area contributed by atoms with Gasteiger partial charge in [-0.15, -0.1) is 0 Å². The molecule has 4 heteroatoms. The van der Waals surface area contributed by atoms with E-state index in [1.807, 2.05) is 6.92 Å². The summed E-state index contributed by atoms with van der Waals surface area (Å²) in [6.07, 6.45) is 0.881. The van der Waals surface area contributed by atoms with E-state index in [2.05, 4.69) is 0 Å². The SMILES string of the molecule is CCCSC(=O)C(C)(C)C(=O)O. The van der Waals surface area contributed by atoms with Crippen molar-refractivity contribution in [3.8, 4) is 0 Å². The zero-order chi connectivity index (χ0) is 9.78. The van der Waals surface area contributed by atoms with Crippen LogP contribution >= 0.6 is 11.8 Å². The standard InChI is InChI=1S/C8H14O3S/c1-4-5-12-7(11)8(2,3)6(9)10/h4-5H2,1-3H3,(H,9,10). The van der Waals surface area contributed by atoms with Gasteiger partial charge in [-0.3, -0.25) is 9.59 Å². The van der Waals surface area contributed by atoms with Crippen LogP contribution in [0.15, 0.2) is 0 Å². The predicted molar refractivity (Wildman–Crippen MR) is 49.2 cm³/mol. The van der Waals surface area contributed by atoms with Crippen molar-refractivity contribution >= 4 is 22.8 Å². The lowest BCUT2D eigenvalue weighted by molar-refractivity contribution is -0.149. The van der Waals surface area contributed by atoms with Crippen molar-refractivity contribution in [2.45, 2.75) is 27.2 Å². The van der Waals surface area contributed by atoms with Gasteiger partial charge in [0.2, 0.25) is 5.12 Å². The minimum Gasteiger partial charge on any atom is -0.480 e. The van der Waals surface area contributed by atoms with Crippen molar-refractivity contribution in [3.05, 3.63) is 0 Å². The first-order chi connectivity index (χ1) is 5.42. The van der Waals surface area contributed by atoms with E-state index in [0.717, 1.165) is 18.2 Å². The summed E-state index contributed by atoms with van der Waals surface area (Å²) in [6, 6.07) is 0. The van der Waals surface area contributed by atoms with Gasteiger partial charge in [0.05, 0.1) is 0 Å². The van der Waals surface area contributed by atoms with Crippen LogP contribution < -0.4 is 0 Å². The van der Waals surface area contributed by atoms with Crippen LogP contribution in [0, 0.1) is 5.41 Å². The second kappa shape index (κ2) is 4.50. The van der Waals surface area contributed by atoms with Crippen molar-refractivity contribution in [1.82, 2.24) is 0 Å². The molecule has 3 nitrogen and oxygen atoms in total. The molecule has 0 aliphatic rings. The maximum atomic E-state index is 11.2. The molecule has 0 rings (SSSR count). The molecule has 0 aliphatic carbocycles. The second-order valence-corrected chi connectivity index (χ2v) is 4.13. The number of aliphatic carboxylic acids is 1. The molecule has 0 radical (unpaired) electrons. The Morgan fingerprint density at radius 3 is 2.25 bits per heavy atom. The molecule has 70 valence electrons. The van der Waals surface area contributed by atoms with Crippen LogP contribution in [0.4, 0.5) is 0 Å². The summed E-state index contributed by atoms with van der Waals surface area (Å²) < 4.78 is 0. The minimum atomic E-state index is -1.25. The van der Waals surface area contributed by atoms with Crippen LogP contribution in [0.25, 0.3) is 0 Å². The summed E-state index contributed by atoms with van der Waals surface area (Å²) in [5.41, 5.74) is -1.25. The van der Waals surface area contributed by atoms with E-state index in [1.165, 1.54) is 13.8 Å². The predicted octanol–water partition coefficient (Wildman–Crippen LogP) is 1.77. The molecule has 0 spiro atoms. The average Bonchev–Trinajstić information content (AvgIpc) is 1.99. The summed E-state index contributed by atoms with van der Waals surface area (Å²) in [5, 5.41) is 8.41. The molecule has 0 unspecified atom stereocenters. The van der Waals surface area contributed by atoms with Gasteiger partial charge in [0.1, 0.15) is 5.41 Å². The third-order valence-electron chi connectivity index (χ3n) is 1.48. The number of carbonyl (C=O) groups excluding carboxylic acids is 1. The fourth-order valence-electron chi connectivity index (χ4n) is 0.462. The quantitative estimate of drug-likeness (QED) is 0.686. The van der Waals surface area contributed by atoms with Gasteiger partial charge >= 0.3 is 5.97 Å². The molecule has 0 bridgehead atoms. The van der Waals surface area contributed by atoms with E-state index in [0.29, 0.717) is 5.75 Å². The van der Waals surface area contributed by atoms with Crippen LogP contribution in [0.3, 0.4) is 0 Å². The Hall–Kier alpha value is -0.510. The lowest BCUT2D eigenvalue weighted by Gasteiger charge is -2.15. The molecule has 0 saturated heterocycles. The van der Waals surface area contributed by atoms with E-state index >= 15 is 0 Å². The minimum absolute atomic E-state index is 0.267. The first kappa shape index (κ1) is 11.5. The molecule has 0 heterocycles. The molecule has 0 aromatic carbocycles. The van der Waals surface area contributed by atoms with Crippen LogP contribution in [0.5, 0.6) is 0 Å². The fourth-order valence-corrected chi connectivity index (χ4v) is 1.30. The molecular weight excluding hydrogens is 176 g/mol. The molecule has 0 aromatic rings. The first-order valence-corrected chi connectivity index (χ1v) is 4.82. The zero-order valence-corrected chi connectivity index (χ0v) is 8.40. The molecule has 0 fully saturated rings. The highest BCUT2D eigenvalue weighted by Gasteiger charge is 2.35. The van der Waals surface area contributed by atoms with Crippen LogP contribution in [0.2, 0.25) is 0 Å². The smallest absolute Gasteiger partial charge is 0.317 e. The normalized spacial score (nSPS) is 11.2. The number of hydrogen-bond donors (Lipinski definition) is 1.